The second-order valence-electron chi connectivity index (χ2n) is 4.68. The number of aliphatic hydroxyl groups excluding tert-OH is 1. The van der Waals surface area contributed by atoms with Gasteiger partial charge in [-0.25, -0.2) is 0 Å². The highest BCUT2D eigenvalue weighted by molar-refractivity contribution is 9.10. The molecule has 0 bridgehead atoms. The van der Waals surface area contributed by atoms with Gasteiger partial charge in [-0.2, -0.15) is 0 Å². The molecule has 0 aromatic heterocycles. The van der Waals surface area contributed by atoms with E-state index in [2.05, 4.69) is 21.2 Å². The molecular formula is C16H17BrClNO2. The molecule has 0 fully saturated rings. The van der Waals surface area contributed by atoms with Crippen molar-refractivity contribution in [3.05, 3.63) is 63.6 Å². The first-order chi connectivity index (χ1) is 10.1. The van der Waals surface area contributed by atoms with E-state index in [0.29, 0.717) is 23.9 Å². The maximum absolute atomic E-state index is 9.87. The summed E-state index contributed by atoms with van der Waals surface area (Å²) in [5, 5.41) is 13.7. The van der Waals surface area contributed by atoms with Crippen LogP contribution in [0.15, 0.2) is 53.0 Å². The number of ether oxygens (including phenoxy) is 1. The van der Waals surface area contributed by atoms with Crippen molar-refractivity contribution in [1.82, 2.24) is 5.32 Å². The fraction of sp³-hybridized carbons (Fsp3) is 0.250. The Balaban J connectivity index is 1.67. The molecule has 2 rings (SSSR count). The number of aliphatic hydroxyl groups is 1. The topological polar surface area (TPSA) is 41.5 Å². The number of hydrogen-bond donors (Lipinski definition) is 2. The highest BCUT2D eigenvalue weighted by Gasteiger charge is 2.05. The molecule has 0 aliphatic heterocycles. The Morgan fingerprint density at radius 1 is 1.19 bits per heavy atom. The van der Waals surface area contributed by atoms with Gasteiger partial charge in [0.2, 0.25) is 0 Å². The van der Waals surface area contributed by atoms with E-state index < -0.39 is 6.10 Å². The summed E-state index contributed by atoms with van der Waals surface area (Å²) in [5.41, 5.74) is 1.16. The van der Waals surface area contributed by atoms with Crippen molar-refractivity contribution >= 4 is 27.5 Å². The van der Waals surface area contributed by atoms with Gasteiger partial charge in [-0.3, -0.25) is 0 Å². The van der Waals surface area contributed by atoms with Gasteiger partial charge >= 0.3 is 0 Å². The number of halogens is 2. The predicted octanol–water partition coefficient (Wildman–Crippen LogP) is 3.63. The minimum atomic E-state index is -0.562. The van der Waals surface area contributed by atoms with Crippen molar-refractivity contribution in [3.63, 3.8) is 0 Å². The molecule has 3 nitrogen and oxygen atoms in total. The zero-order chi connectivity index (χ0) is 15.1. The average molecular weight is 371 g/mol. The van der Waals surface area contributed by atoms with Crippen molar-refractivity contribution in [2.45, 2.75) is 12.6 Å². The Hall–Kier alpha value is -1.07. The normalized spacial score (nSPS) is 12.1. The van der Waals surface area contributed by atoms with E-state index in [1.165, 1.54) is 0 Å². The van der Waals surface area contributed by atoms with Gasteiger partial charge in [-0.15, -0.1) is 0 Å². The van der Waals surface area contributed by atoms with Crippen molar-refractivity contribution in [1.29, 1.82) is 0 Å². The smallest absolute Gasteiger partial charge is 0.119 e. The minimum absolute atomic E-state index is 0.243. The molecule has 0 spiro atoms. The molecule has 0 saturated heterocycles. The Bertz CT molecular complexity index is 562. The number of nitrogens with one attached hydrogen (secondary N) is 1. The van der Waals surface area contributed by atoms with Gasteiger partial charge in [0.25, 0.3) is 0 Å². The van der Waals surface area contributed by atoms with Crippen LogP contribution in [0.2, 0.25) is 5.02 Å². The second kappa shape index (κ2) is 8.39. The van der Waals surface area contributed by atoms with Crippen LogP contribution < -0.4 is 10.1 Å². The summed E-state index contributed by atoms with van der Waals surface area (Å²) in [6.45, 7) is 1.42. The molecule has 0 saturated carbocycles. The fourth-order valence-corrected chi connectivity index (χ4v) is 2.38. The molecule has 2 aromatic rings. The van der Waals surface area contributed by atoms with Crippen LogP contribution in [-0.2, 0) is 6.54 Å². The molecular weight excluding hydrogens is 354 g/mol. The standard InChI is InChI=1S/C16H17BrClNO2/c17-13-3-1-2-12(8-13)9-19-10-15(20)11-21-16-6-4-14(18)5-7-16/h1-8,15,19-20H,9-11H2. The molecule has 1 atom stereocenters. The van der Waals surface area contributed by atoms with Crippen molar-refractivity contribution in [2.24, 2.45) is 0 Å². The van der Waals surface area contributed by atoms with Crippen LogP contribution in [0.25, 0.3) is 0 Å². The second-order valence-corrected chi connectivity index (χ2v) is 6.03. The van der Waals surface area contributed by atoms with Crippen LogP contribution in [0, 0.1) is 0 Å². The first-order valence-electron chi connectivity index (χ1n) is 6.65. The monoisotopic (exact) mass is 369 g/mol. The number of rotatable bonds is 7. The molecule has 0 radical (unpaired) electrons. The molecule has 2 aromatic carbocycles. The van der Waals surface area contributed by atoms with Crippen LogP contribution in [0.1, 0.15) is 5.56 Å². The van der Waals surface area contributed by atoms with E-state index in [4.69, 9.17) is 16.3 Å². The van der Waals surface area contributed by atoms with E-state index in [-0.39, 0.29) is 6.61 Å². The largest absolute Gasteiger partial charge is 0.491 e. The molecule has 0 aliphatic rings. The van der Waals surface area contributed by atoms with E-state index in [9.17, 15) is 5.11 Å². The molecule has 21 heavy (non-hydrogen) atoms. The maximum Gasteiger partial charge on any atom is 0.119 e. The summed E-state index contributed by atoms with van der Waals surface area (Å²) >= 11 is 9.23. The third-order valence-corrected chi connectivity index (χ3v) is 3.60. The van der Waals surface area contributed by atoms with Gasteiger partial charge in [-0.1, -0.05) is 39.7 Å². The van der Waals surface area contributed by atoms with Gasteiger partial charge in [0.15, 0.2) is 0 Å². The minimum Gasteiger partial charge on any atom is -0.491 e. The molecule has 0 heterocycles. The van der Waals surface area contributed by atoms with Crippen molar-refractivity contribution < 1.29 is 9.84 Å². The van der Waals surface area contributed by atoms with Crippen molar-refractivity contribution in [3.8, 4) is 5.75 Å². The zero-order valence-electron chi connectivity index (χ0n) is 11.4. The third-order valence-electron chi connectivity index (χ3n) is 2.85. The molecule has 1 unspecified atom stereocenters. The van der Waals surface area contributed by atoms with Gasteiger partial charge < -0.3 is 15.2 Å². The Morgan fingerprint density at radius 3 is 2.67 bits per heavy atom. The number of hydrogen-bond acceptors (Lipinski definition) is 3. The lowest BCUT2D eigenvalue weighted by Gasteiger charge is -2.13. The SMILES string of the molecule is OC(CNCc1cccc(Br)c1)COc1ccc(Cl)cc1. The van der Waals surface area contributed by atoms with E-state index >= 15 is 0 Å². The van der Waals surface area contributed by atoms with E-state index in [1.54, 1.807) is 24.3 Å². The first kappa shape index (κ1) is 16.3. The van der Waals surface area contributed by atoms with Crippen LogP contribution in [0.3, 0.4) is 0 Å². The average Bonchev–Trinajstić information content (AvgIpc) is 2.47. The summed E-state index contributed by atoms with van der Waals surface area (Å²) in [4.78, 5) is 0. The Kier molecular flexibility index (Phi) is 6.51. The first-order valence-corrected chi connectivity index (χ1v) is 7.82. The third kappa shape index (κ3) is 6.06. The van der Waals surface area contributed by atoms with Crippen LogP contribution in [-0.4, -0.2) is 24.4 Å². The molecule has 0 aliphatic carbocycles. The van der Waals surface area contributed by atoms with E-state index in [0.717, 1.165) is 10.0 Å². The number of benzene rings is 2. The van der Waals surface area contributed by atoms with Gasteiger partial charge in [0.05, 0.1) is 0 Å². The Morgan fingerprint density at radius 2 is 1.95 bits per heavy atom. The van der Waals surface area contributed by atoms with Crippen molar-refractivity contribution in [2.75, 3.05) is 13.2 Å². The summed E-state index contributed by atoms with van der Waals surface area (Å²) in [7, 11) is 0. The van der Waals surface area contributed by atoms with Gasteiger partial charge in [-0.05, 0) is 42.0 Å². The quantitative estimate of drug-likeness (QED) is 0.782. The summed E-state index contributed by atoms with van der Waals surface area (Å²) in [6.07, 6.45) is -0.562. The lowest BCUT2D eigenvalue weighted by atomic mass is 10.2. The molecule has 112 valence electrons. The van der Waals surface area contributed by atoms with Crippen LogP contribution in [0.4, 0.5) is 0 Å². The zero-order valence-corrected chi connectivity index (χ0v) is 13.8. The Labute approximate surface area is 138 Å². The predicted molar refractivity (Wildman–Crippen MR) is 88.8 cm³/mol. The highest BCUT2D eigenvalue weighted by Crippen LogP contribution is 2.15. The maximum atomic E-state index is 9.87. The summed E-state index contributed by atoms with van der Waals surface area (Å²) < 4.78 is 6.54. The van der Waals surface area contributed by atoms with E-state index in [1.807, 2.05) is 24.3 Å². The molecule has 5 heteroatoms. The highest BCUT2D eigenvalue weighted by atomic mass is 79.9. The van der Waals surface area contributed by atoms with Gasteiger partial charge in [0.1, 0.15) is 18.5 Å². The lowest BCUT2D eigenvalue weighted by molar-refractivity contribution is 0.106. The van der Waals surface area contributed by atoms with Crippen LogP contribution >= 0.6 is 27.5 Å². The summed E-state index contributed by atoms with van der Waals surface area (Å²) in [5.74, 6) is 0.699. The van der Waals surface area contributed by atoms with Crippen LogP contribution in [0.5, 0.6) is 5.75 Å². The fourth-order valence-electron chi connectivity index (χ4n) is 1.81. The summed E-state index contributed by atoms with van der Waals surface area (Å²) in [6, 6.07) is 15.1. The van der Waals surface area contributed by atoms with Gasteiger partial charge in [0, 0.05) is 22.6 Å². The molecule has 2 N–H and O–H groups in total. The lowest BCUT2D eigenvalue weighted by Crippen LogP contribution is -2.31. The molecule has 0 amide bonds.